The van der Waals surface area contributed by atoms with Crippen LogP contribution in [0.25, 0.3) is 0 Å². The smallest absolute Gasteiger partial charge is 0.266 e. The fourth-order valence-electron chi connectivity index (χ4n) is 4.69. The van der Waals surface area contributed by atoms with Crippen molar-refractivity contribution < 1.29 is 4.79 Å². The van der Waals surface area contributed by atoms with Gasteiger partial charge >= 0.3 is 0 Å². The summed E-state index contributed by atoms with van der Waals surface area (Å²) in [5, 5.41) is 9.78. The first-order valence-corrected chi connectivity index (χ1v) is 12.6. The van der Waals surface area contributed by atoms with E-state index in [1.807, 2.05) is 41.0 Å². The van der Waals surface area contributed by atoms with Gasteiger partial charge in [-0.15, -0.1) is 0 Å². The van der Waals surface area contributed by atoms with Crippen LogP contribution < -0.4 is 0 Å². The van der Waals surface area contributed by atoms with Gasteiger partial charge in [0.25, 0.3) is 5.91 Å². The average Bonchev–Trinajstić information content (AvgIpc) is 2.95. The van der Waals surface area contributed by atoms with Gasteiger partial charge in [-0.1, -0.05) is 60.7 Å². The van der Waals surface area contributed by atoms with Crippen LogP contribution in [0.1, 0.15) is 29.7 Å². The molecule has 6 heteroatoms. The molecular formula is C30H33N5O. The molecule has 0 spiro atoms. The Bertz CT molecular complexity index is 1130. The van der Waals surface area contributed by atoms with E-state index in [4.69, 9.17) is 0 Å². The summed E-state index contributed by atoms with van der Waals surface area (Å²) in [6.07, 6.45) is 6.13. The molecule has 1 aliphatic heterocycles. The third kappa shape index (κ3) is 6.38. The molecular weight excluding hydrogens is 446 g/mol. The normalized spacial score (nSPS) is 14.5. The van der Waals surface area contributed by atoms with Crippen molar-refractivity contribution in [1.82, 2.24) is 19.7 Å². The molecule has 0 saturated carbocycles. The zero-order chi connectivity index (χ0) is 25.2. The van der Waals surface area contributed by atoms with Crippen molar-refractivity contribution in [2.24, 2.45) is 0 Å². The minimum Gasteiger partial charge on any atom is -0.376 e. The Labute approximate surface area is 214 Å². The van der Waals surface area contributed by atoms with Gasteiger partial charge in [-0.25, -0.2) is 0 Å². The van der Waals surface area contributed by atoms with E-state index in [9.17, 15) is 10.1 Å². The van der Waals surface area contributed by atoms with Gasteiger partial charge in [-0.2, -0.15) is 5.26 Å². The van der Waals surface area contributed by atoms with E-state index < -0.39 is 0 Å². The second-order valence-electron chi connectivity index (χ2n) is 8.94. The van der Waals surface area contributed by atoms with Gasteiger partial charge in [0, 0.05) is 57.9 Å². The second kappa shape index (κ2) is 12.7. The first kappa shape index (κ1) is 25.2. The van der Waals surface area contributed by atoms with Crippen LogP contribution >= 0.6 is 0 Å². The van der Waals surface area contributed by atoms with Crippen LogP contribution in [-0.4, -0.2) is 64.9 Å². The Morgan fingerprint density at radius 2 is 1.56 bits per heavy atom. The number of aromatic nitrogens is 1. The van der Waals surface area contributed by atoms with Crippen molar-refractivity contribution in [3.63, 3.8) is 0 Å². The maximum Gasteiger partial charge on any atom is 0.266 e. The van der Waals surface area contributed by atoms with Gasteiger partial charge in [-0.05, 0) is 42.2 Å². The Kier molecular flexibility index (Phi) is 8.85. The fraction of sp³-hybridized carbons (Fsp3) is 0.300. The van der Waals surface area contributed by atoms with Crippen LogP contribution in [0, 0.1) is 11.3 Å². The summed E-state index contributed by atoms with van der Waals surface area (Å²) >= 11 is 0. The summed E-state index contributed by atoms with van der Waals surface area (Å²) in [5.41, 5.74) is 3.87. The highest BCUT2D eigenvalue weighted by atomic mass is 16.2. The van der Waals surface area contributed by atoms with Crippen molar-refractivity contribution >= 4 is 5.91 Å². The van der Waals surface area contributed by atoms with Gasteiger partial charge in [-0.3, -0.25) is 14.7 Å². The first-order valence-electron chi connectivity index (χ1n) is 12.6. The number of amides is 1. The third-order valence-corrected chi connectivity index (χ3v) is 6.70. The summed E-state index contributed by atoms with van der Waals surface area (Å²) in [5.74, 6) is -0.185. The van der Waals surface area contributed by atoms with Crippen LogP contribution in [0.4, 0.5) is 0 Å². The molecule has 1 fully saturated rings. The molecule has 36 heavy (non-hydrogen) atoms. The van der Waals surface area contributed by atoms with Crippen LogP contribution in [0.2, 0.25) is 0 Å². The number of hydrogen-bond donors (Lipinski definition) is 0. The molecule has 2 aromatic carbocycles. The molecule has 0 bridgehead atoms. The lowest BCUT2D eigenvalue weighted by Gasteiger charge is -2.39. The Balaban J connectivity index is 1.41. The molecule has 0 atom stereocenters. The molecule has 0 radical (unpaired) electrons. The largest absolute Gasteiger partial charge is 0.376 e. The lowest BCUT2D eigenvalue weighted by molar-refractivity contribution is -0.128. The predicted molar refractivity (Wildman–Crippen MR) is 142 cm³/mol. The van der Waals surface area contributed by atoms with Gasteiger partial charge in [0.05, 0.1) is 6.04 Å². The molecule has 2 heterocycles. The molecule has 4 rings (SSSR count). The molecule has 0 unspecified atom stereocenters. The van der Waals surface area contributed by atoms with Crippen molar-refractivity contribution in [3.05, 3.63) is 114 Å². The fourth-order valence-corrected chi connectivity index (χ4v) is 4.69. The summed E-state index contributed by atoms with van der Waals surface area (Å²) in [7, 11) is 0. The number of carbonyl (C=O) groups excluding carboxylic acids is 1. The minimum absolute atomic E-state index is 0.138. The molecule has 184 valence electrons. The molecule has 6 nitrogen and oxygen atoms in total. The van der Waals surface area contributed by atoms with E-state index in [1.165, 1.54) is 16.7 Å². The Morgan fingerprint density at radius 3 is 2.08 bits per heavy atom. The first-order chi connectivity index (χ1) is 17.7. The number of nitriles is 1. The molecule has 1 amide bonds. The van der Waals surface area contributed by atoms with Gasteiger partial charge in [0.15, 0.2) is 0 Å². The summed E-state index contributed by atoms with van der Waals surface area (Å²) in [4.78, 5) is 23.6. The van der Waals surface area contributed by atoms with Crippen molar-refractivity contribution in [2.45, 2.75) is 19.4 Å². The van der Waals surface area contributed by atoms with Crippen LogP contribution in [0.3, 0.4) is 0 Å². The van der Waals surface area contributed by atoms with Crippen LogP contribution in [-0.2, 0) is 11.2 Å². The zero-order valence-corrected chi connectivity index (χ0v) is 20.8. The molecule has 0 aliphatic carbocycles. The molecule has 0 N–H and O–H groups in total. The summed E-state index contributed by atoms with van der Waals surface area (Å²) in [6, 6.07) is 27.3. The average molecular weight is 480 g/mol. The maximum absolute atomic E-state index is 13.3. The highest BCUT2D eigenvalue weighted by Crippen LogP contribution is 2.29. The number of pyridine rings is 1. The topological polar surface area (TPSA) is 63.5 Å². The monoisotopic (exact) mass is 479 g/mol. The Morgan fingerprint density at radius 1 is 0.972 bits per heavy atom. The summed E-state index contributed by atoms with van der Waals surface area (Å²) in [6.45, 7) is 6.19. The predicted octanol–water partition coefficient (Wildman–Crippen LogP) is 4.29. The number of piperazine rings is 1. The van der Waals surface area contributed by atoms with E-state index in [-0.39, 0.29) is 17.5 Å². The maximum atomic E-state index is 13.3. The number of hydrogen-bond acceptors (Lipinski definition) is 5. The minimum atomic E-state index is -0.185. The van der Waals surface area contributed by atoms with E-state index in [0.717, 1.165) is 32.6 Å². The molecule has 1 aliphatic rings. The van der Waals surface area contributed by atoms with Crippen molar-refractivity contribution in [1.29, 1.82) is 5.26 Å². The third-order valence-electron chi connectivity index (χ3n) is 6.70. The lowest BCUT2D eigenvalue weighted by Crippen LogP contribution is -2.50. The van der Waals surface area contributed by atoms with E-state index in [0.29, 0.717) is 13.1 Å². The van der Waals surface area contributed by atoms with Crippen molar-refractivity contribution in [2.75, 3.05) is 39.3 Å². The van der Waals surface area contributed by atoms with E-state index in [2.05, 4.69) is 64.5 Å². The molecule has 3 aromatic rings. The van der Waals surface area contributed by atoms with Crippen LogP contribution in [0.15, 0.2) is 97.0 Å². The standard InChI is InChI=1S/C30H33N5O/c1-2-33(18-15-25-13-16-32-17-14-25)24-28(23-31)30(36)35-21-19-34(20-22-35)29(26-9-5-3-6-10-26)27-11-7-4-8-12-27/h3-14,16-17,24,29H,2,15,18-22H2,1H3/b28-24-. The van der Waals surface area contributed by atoms with E-state index >= 15 is 0 Å². The summed E-state index contributed by atoms with van der Waals surface area (Å²) < 4.78 is 0. The Hall–Kier alpha value is -3.95. The van der Waals surface area contributed by atoms with Gasteiger partial charge < -0.3 is 9.80 Å². The van der Waals surface area contributed by atoms with Crippen molar-refractivity contribution in [3.8, 4) is 6.07 Å². The second-order valence-corrected chi connectivity index (χ2v) is 8.94. The number of rotatable bonds is 9. The highest BCUT2D eigenvalue weighted by molar-refractivity contribution is 5.97. The number of likely N-dealkylation sites (N-methyl/N-ethyl adjacent to an activating group) is 1. The lowest BCUT2D eigenvalue weighted by atomic mass is 9.96. The quantitative estimate of drug-likeness (QED) is 0.339. The highest BCUT2D eigenvalue weighted by Gasteiger charge is 2.29. The SMILES string of the molecule is CCN(/C=C(/C#N)C(=O)N1CCN(C(c2ccccc2)c2ccccc2)CC1)CCc1ccncc1. The van der Waals surface area contributed by atoms with Gasteiger partial charge in [0.1, 0.15) is 11.6 Å². The number of carbonyl (C=O) groups is 1. The number of benzene rings is 2. The zero-order valence-electron chi connectivity index (χ0n) is 20.8. The van der Waals surface area contributed by atoms with Gasteiger partial charge in [0.2, 0.25) is 0 Å². The van der Waals surface area contributed by atoms with Crippen LogP contribution in [0.5, 0.6) is 0 Å². The molecule has 1 saturated heterocycles. The number of nitrogens with zero attached hydrogens (tertiary/aromatic N) is 5. The van der Waals surface area contributed by atoms with E-state index in [1.54, 1.807) is 18.6 Å². The molecule has 1 aromatic heterocycles.